The topological polar surface area (TPSA) is 92.9 Å². The highest BCUT2D eigenvalue weighted by Crippen LogP contribution is 2.24. The Bertz CT molecular complexity index is 759. The van der Waals surface area contributed by atoms with Gasteiger partial charge < -0.3 is 16.4 Å². The van der Waals surface area contributed by atoms with Crippen LogP contribution in [0, 0.1) is 5.82 Å². The van der Waals surface area contributed by atoms with E-state index in [0.29, 0.717) is 17.8 Å². The van der Waals surface area contributed by atoms with Crippen LogP contribution in [0.1, 0.15) is 61.0 Å². The summed E-state index contributed by atoms with van der Waals surface area (Å²) < 4.78 is 13.1. The molecule has 0 spiro atoms. The zero-order valence-corrected chi connectivity index (χ0v) is 14.8. The second-order valence-corrected chi connectivity index (χ2v) is 6.72. The number of anilines is 2. The number of carbonyl (C=O) groups is 1. The quantitative estimate of drug-likeness (QED) is 0.734. The number of amides is 1. The monoisotopic (exact) mass is 357 g/mol. The van der Waals surface area contributed by atoms with Gasteiger partial charge in [0.2, 0.25) is 5.95 Å². The summed E-state index contributed by atoms with van der Waals surface area (Å²) in [5.41, 5.74) is 6.66. The molecule has 1 fully saturated rings. The molecule has 4 N–H and O–H groups in total. The smallest absolute Gasteiger partial charge is 0.254 e. The van der Waals surface area contributed by atoms with E-state index in [0.717, 1.165) is 18.4 Å². The molecule has 1 aliphatic rings. The highest BCUT2D eigenvalue weighted by atomic mass is 19.1. The van der Waals surface area contributed by atoms with Gasteiger partial charge in [-0.15, -0.1) is 0 Å². The van der Waals surface area contributed by atoms with Gasteiger partial charge in [0.05, 0.1) is 11.6 Å². The molecule has 2 aromatic rings. The Labute approximate surface area is 152 Å². The first kappa shape index (κ1) is 18.1. The number of hydrogen-bond donors (Lipinski definition) is 3. The van der Waals surface area contributed by atoms with Crippen LogP contribution in [-0.4, -0.2) is 21.9 Å². The predicted molar refractivity (Wildman–Crippen MR) is 99.5 cm³/mol. The molecule has 1 aromatic carbocycles. The molecule has 0 aliphatic heterocycles. The highest BCUT2D eigenvalue weighted by Gasteiger charge is 2.19. The molecular weight excluding hydrogens is 333 g/mol. The average molecular weight is 357 g/mol. The number of nitrogens with one attached hydrogen (secondary N) is 2. The number of rotatable bonds is 6. The fourth-order valence-corrected chi connectivity index (χ4v) is 3.21. The summed E-state index contributed by atoms with van der Waals surface area (Å²) in [5, 5.41) is 6.53. The van der Waals surface area contributed by atoms with Crippen molar-refractivity contribution in [2.24, 2.45) is 5.73 Å². The zero-order chi connectivity index (χ0) is 18.5. The number of nitrogens with two attached hydrogens (primary N) is 1. The zero-order valence-electron chi connectivity index (χ0n) is 14.8. The molecule has 0 saturated heterocycles. The number of nitrogens with zero attached hydrogens (tertiary/aromatic N) is 2. The van der Waals surface area contributed by atoms with E-state index in [9.17, 15) is 9.18 Å². The molecule has 1 aliphatic carbocycles. The first-order chi connectivity index (χ1) is 12.5. The van der Waals surface area contributed by atoms with Gasteiger partial charge in [-0.05, 0) is 37.5 Å². The number of aromatic nitrogens is 2. The van der Waals surface area contributed by atoms with Crippen LogP contribution in [0.15, 0.2) is 30.5 Å². The van der Waals surface area contributed by atoms with Crippen LogP contribution in [-0.2, 0) is 0 Å². The minimum absolute atomic E-state index is 0.113. The average Bonchev–Trinajstić information content (AvgIpc) is 2.63. The van der Waals surface area contributed by atoms with E-state index < -0.39 is 5.91 Å². The molecule has 7 heteroatoms. The van der Waals surface area contributed by atoms with Crippen LogP contribution in [0.4, 0.5) is 16.2 Å². The van der Waals surface area contributed by atoms with Crippen molar-refractivity contribution in [3.8, 4) is 0 Å². The lowest BCUT2D eigenvalue weighted by Gasteiger charge is -2.24. The summed E-state index contributed by atoms with van der Waals surface area (Å²) >= 11 is 0. The molecule has 1 amide bonds. The van der Waals surface area contributed by atoms with E-state index in [1.54, 1.807) is 12.1 Å². The van der Waals surface area contributed by atoms with Crippen LogP contribution in [0.5, 0.6) is 0 Å². The predicted octanol–water partition coefficient (Wildman–Crippen LogP) is 3.63. The van der Waals surface area contributed by atoms with Crippen molar-refractivity contribution < 1.29 is 9.18 Å². The largest absolute Gasteiger partial charge is 0.367 e. The van der Waals surface area contributed by atoms with Gasteiger partial charge in [0.1, 0.15) is 11.6 Å². The number of halogens is 1. The molecule has 1 saturated carbocycles. The van der Waals surface area contributed by atoms with Gasteiger partial charge in [-0.2, -0.15) is 4.98 Å². The lowest BCUT2D eigenvalue weighted by Crippen LogP contribution is -2.26. The maximum atomic E-state index is 13.1. The van der Waals surface area contributed by atoms with Gasteiger partial charge >= 0.3 is 0 Å². The molecule has 0 unspecified atom stereocenters. The summed E-state index contributed by atoms with van der Waals surface area (Å²) in [6.45, 7) is 1.94. The van der Waals surface area contributed by atoms with Gasteiger partial charge in [0.25, 0.3) is 5.91 Å². The maximum absolute atomic E-state index is 13.1. The summed E-state index contributed by atoms with van der Waals surface area (Å²) in [5.74, 6) is 0.0294. The third-order valence-corrected chi connectivity index (χ3v) is 4.72. The number of benzene rings is 1. The second kappa shape index (κ2) is 8.12. The van der Waals surface area contributed by atoms with Gasteiger partial charge in [-0.25, -0.2) is 9.37 Å². The van der Waals surface area contributed by atoms with Gasteiger partial charge in [-0.1, -0.05) is 31.4 Å². The van der Waals surface area contributed by atoms with Gasteiger partial charge in [0, 0.05) is 12.2 Å². The molecule has 0 bridgehead atoms. The van der Waals surface area contributed by atoms with Crippen molar-refractivity contribution >= 4 is 17.7 Å². The third kappa shape index (κ3) is 4.47. The molecule has 1 heterocycles. The number of hydrogen-bond acceptors (Lipinski definition) is 5. The standard InChI is InChI=1S/C19H24FN5O/c1-12(13-7-9-14(20)10-8-13)23-19-22-11-16(17(21)26)18(25-19)24-15-5-3-2-4-6-15/h7-12,15H,2-6H2,1H3,(H2,21,26)(H2,22,23,24,25)/t12-/m1/s1. The molecule has 26 heavy (non-hydrogen) atoms. The van der Waals surface area contributed by atoms with Crippen molar-refractivity contribution in [2.75, 3.05) is 10.6 Å². The van der Waals surface area contributed by atoms with E-state index in [4.69, 9.17) is 5.73 Å². The Hall–Kier alpha value is -2.70. The highest BCUT2D eigenvalue weighted by molar-refractivity contribution is 5.97. The van der Waals surface area contributed by atoms with Crippen LogP contribution in [0.25, 0.3) is 0 Å². The Morgan fingerprint density at radius 2 is 1.92 bits per heavy atom. The Balaban J connectivity index is 1.77. The molecule has 1 atom stereocenters. The minimum Gasteiger partial charge on any atom is -0.367 e. The maximum Gasteiger partial charge on any atom is 0.254 e. The fourth-order valence-electron chi connectivity index (χ4n) is 3.21. The fraction of sp³-hybridized carbons (Fsp3) is 0.421. The second-order valence-electron chi connectivity index (χ2n) is 6.72. The van der Waals surface area contributed by atoms with Crippen molar-refractivity contribution in [1.82, 2.24) is 9.97 Å². The van der Waals surface area contributed by atoms with Crippen molar-refractivity contribution in [1.29, 1.82) is 0 Å². The first-order valence-corrected chi connectivity index (χ1v) is 8.98. The van der Waals surface area contributed by atoms with E-state index in [2.05, 4.69) is 20.6 Å². The Morgan fingerprint density at radius 3 is 2.58 bits per heavy atom. The third-order valence-electron chi connectivity index (χ3n) is 4.72. The van der Waals surface area contributed by atoms with E-state index >= 15 is 0 Å². The van der Waals surface area contributed by atoms with E-state index in [1.807, 2.05) is 6.92 Å². The molecule has 138 valence electrons. The molecule has 3 rings (SSSR count). The Morgan fingerprint density at radius 1 is 1.23 bits per heavy atom. The number of carbonyl (C=O) groups excluding carboxylic acids is 1. The summed E-state index contributed by atoms with van der Waals surface area (Å²) in [4.78, 5) is 20.4. The van der Waals surface area contributed by atoms with E-state index in [-0.39, 0.29) is 17.4 Å². The molecular formula is C19H24FN5O. The van der Waals surface area contributed by atoms with Crippen molar-refractivity contribution in [3.63, 3.8) is 0 Å². The lowest BCUT2D eigenvalue weighted by atomic mass is 9.95. The number of primary amides is 1. The van der Waals surface area contributed by atoms with Crippen molar-refractivity contribution in [2.45, 2.75) is 51.1 Å². The SMILES string of the molecule is C[C@@H](Nc1ncc(C(N)=O)c(NC2CCCCC2)n1)c1ccc(F)cc1. The molecule has 1 aromatic heterocycles. The minimum atomic E-state index is -0.554. The van der Waals surface area contributed by atoms with Crippen LogP contribution >= 0.6 is 0 Å². The normalized spacial score (nSPS) is 16.1. The van der Waals surface area contributed by atoms with Crippen LogP contribution < -0.4 is 16.4 Å². The molecule has 0 radical (unpaired) electrons. The first-order valence-electron chi connectivity index (χ1n) is 8.98. The van der Waals surface area contributed by atoms with Crippen LogP contribution in [0.3, 0.4) is 0 Å². The Kier molecular flexibility index (Phi) is 5.65. The van der Waals surface area contributed by atoms with Gasteiger partial charge in [-0.3, -0.25) is 4.79 Å². The van der Waals surface area contributed by atoms with Crippen molar-refractivity contribution in [3.05, 3.63) is 47.4 Å². The summed E-state index contributed by atoms with van der Waals surface area (Å²) in [7, 11) is 0. The lowest BCUT2D eigenvalue weighted by molar-refractivity contribution is 0.100. The van der Waals surface area contributed by atoms with E-state index in [1.165, 1.54) is 37.6 Å². The molecule has 6 nitrogen and oxygen atoms in total. The van der Waals surface area contributed by atoms with Crippen LogP contribution in [0.2, 0.25) is 0 Å². The summed E-state index contributed by atoms with van der Waals surface area (Å²) in [6, 6.07) is 6.44. The van der Waals surface area contributed by atoms with Gasteiger partial charge in [0.15, 0.2) is 0 Å². The summed E-state index contributed by atoms with van der Waals surface area (Å²) in [6.07, 6.45) is 7.13.